The molecule has 1 amide bonds. The number of carbonyl (C=O) groups is 1. The van der Waals surface area contributed by atoms with Crippen LogP contribution in [0.4, 0.5) is 5.69 Å². The van der Waals surface area contributed by atoms with Gasteiger partial charge < -0.3 is 5.32 Å². The van der Waals surface area contributed by atoms with Gasteiger partial charge in [-0.1, -0.05) is 18.2 Å². The maximum absolute atomic E-state index is 11.8. The number of para-hydroxylation sites is 1. The highest BCUT2D eigenvalue weighted by Crippen LogP contribution is 2.48. The standard InChI is InChI=1S/C12H13NO/c1-7-3-2-4-9-10(8-5-6-8)12(14)13-11(7)9/h2-4,8,10H,5-6H2,1H3,(H,13,14). The molecule has 0 radical (unpaired) electrons. The third-order valence-corrected chi connectivity index (χ3v) is 3.26. The quantitative estimate of drug-likeness (QED) is 0.718. The third kappa shape index (κ3) is 0.999. The van der Waals surface area contributed by atoms with E-state index in [0.29, 0.717) is 5.92 Å². The fourth-order valence-corrected chi connectivity index (χ4v) is 2.36. The minimum absolute atomic E-state index is 0.143. The summed E-state index contributed by atoms with van der Waals surface area (Å²) in [5.74, 6) is 0.958. The molecular formula is C12H13NO. The molecule has 3 rings (SSSR count). The average Bonchev–Trinajstić information content (AvgIpc) is 2.91. The Morgan fingerprint density at radius 3 is 2.86 bits per heavy atom. The number of hydrogen-bond donors (Lipinski definition) is 1. The van der Waals surface area contributed by atoms with Crippen LogP contribution in [0.1, 0.15) is 29.9 Å². The normalized spacial score (nSPS) is 24.6. The SMILES string of the molecule is Cc1cccc2c1NC(=O)C2C1CC1. The molecule has 2 aliphatic rings. The molecule has 0 bridgehead atoms. The van der Waals surface area contributed by atoms with E-state index in [4.69, 9.17) is 0 Å². The Bertz CT molecular complexity index is 407. The molecular weight excluding hydrogens is 174 g/mol. The smallest absolute Gasteiger partial charge is 0.232 e. The Hall–Kier alpha value is -1.31. The number of rotatable bonds is 1. The maximum atomic E-state index is 11.8. The number of amides is 1. The molecule has 1 fully saturated rings. The lowest BCUT2D eigenvalue weighted by Crippen LogP contribution is -2.13. The first-order chi connectivity index (χ1) is 6.77. The predicted molar refractivity (Wildman–Crippen MR) is 55.3 cm³/mol. The van der Waals surface area contributed by atoms with Crippen molar-refractivity contribution in [1.29, 1.82) is 0 Å². The zero-order valence-corrected chi connectivity index (χ0v) is 8.21. The third-order valence-electron chi connectivity index (χ3n) is 3.26. The van der Waals surface area contributed by atoms with Gasteiger partial charge in [-0.05, 0) is 36.8 Å². The van der Waals surface area contributed by atoms with E-state index >= 15 is 0 Å². The highest BCUT2D eigenvalue weighted by molar-refractivity contribution is 6.04. The summed E-state index contributed by atoms with van der Waals surface area (Å²) in [5.41, 5.74) is 3.46. The minimum Gasteiger partial charge on any atom is -0.325 e. The summed E-state index contributed by atoms with van der Waals surface area (Å²) in [6.07, 6.45) is 2.43. The molecule has 1 aromatic rings. The Morgan fingerprint density at radius 1 is 1.36 bits per heavy atom. The number of benzene rings is 1. The zero-order valence-electron chi connectivity index (χ0n) is 8.21. The summed E-state index contributed by atoms with van der Waals surface area (Å²) in [5, 5.41) is 3.00. The zero-order chi connectivity index (χ0) is 9.71. The lowest BCUT2D eigenvalue weighted by molar-refractivity contribution is -0.117. The Labute approximate surface area is 83.3 Å². The predicted octanol–water partition coefficient (Wildman–Crippen LogP) is 2.44. The highest BCUT2D eigenvalue weighted by Gasteiger charge is 2.42. The van der Waals surface area contributed by atoms with Crippen molar-refractivity contribution in [2.24, 2.45) is 5.92 Å². The van der Waals surface area contributed by atoms with Gasteiger partial charge in [-0.15, -0.1) is 0 Å². The second kappa shape index (κ2) is 2.59. The van der Waals surface area contributed by atoms with Gasteiger partial charge in [0.05, 0.1) is 5.92 Å². The molecule has 0 spiro atoms. The van der Waals surface area contributed by atoms with Gasteiger partial charge in [0.15, 0.2) is 0 Å². The summed E-state index contributed by atoms with van der Waals surface area (Å²) in [6.45, 7) is 2.05. The van der Waals surface area contributed by atoms with Crippen LogP contribution in [0.5, 0.6) is 0 Å². The number of carbonyl (C=O) groups excluding carboxylic acids is 1. The van der Waals surface area contributed by atoms with Gasteiger partial charge in [0.25, 0.3) is 0 Å². The lowest BCUT2D eigenvalue weighted by Gasteiger charge is -2.06. The van der Waals surface area contributed by atoms with E-state index in [9.17, 15) is 4.79 Å². The first-order valence-corrected chi connectivity index (χ1v) is 5.18. The average molecular weight is 187 g/mol. The molecule has 2 heteroatoms. The molecule has 1 aliphatic carbocycles. The van der Waals surface area contributed by atoms with E-state index in [2.05, 4.69) is 11.4 Å². The molecule has 2 nitrogen and oxygen atoms in total. The van der Waals surface area contributed by atoms with E-state index in [0.717, 1.165) is 5.69 Å². The monoisotopic (exact) mass is 187 g/mol. The van der Waals surface area contributed by atoms with Gasteiger partial charge in [0.1, 0.15) is 0 Å². The minimum atomic E-state index is 0.143. The van der Waals surface area contributed by atoms with E-state index in [-0.39, 0.29) is 11.8 Å². The maximum Gasteiger partial charge on any atom is 0.232 e. The molecule has 14 heavy (non-hydrogen) atoms. The second-order valence-electron chi connectivity index (χ2n) is 4.34. The number of anilines is 1. The number of aryl methyl sites for hydroxylation is 1. The fraction of sp³-hybridized carbons (Fsp3) is 0.417. The molecule has 0 aromatic heterocycles. The van der Waals surface area contributed by atoms with Gasteiger partial charge in [-0.25, -0.2) is 0 Å². The number of nitrogens with one attached hydrogen (secondary N) is 1. The number of fused-ring (bicyclic) bond motifs is 1. The Kier molecular flexibility index (Phi) is 1.49. The van der Waals surface area contributed by atoms with Crippen LogP contribution in [0.15, 0.2) is 18.2 Å². The van der Waals surface area contributed by atoms with Crippen molar-refractivity contribution in [3.8, 4) is 0 Å². The van der Waals surface area contributed by atoms with Crippen LogP contribution in [-0.2, 0) is 4.79 Å². The highest BCUT2D eigenvalue weighted by atomic mass is 16.2. The molecule has 1 atom stereocenters. The topological polar surface area (TPSA) is 29.1 Å². The van der Waals surface area contributed by atoms with E-state index < -0.39 is 0 Å². The summed E-state index contributed by atoms with van der Waals surface area (Å²) < 4.78 is 0. The van der Waals surface area contributed by atoms with E-state index in [1.54, 1.807) is 0 Å². The molecule has 1 saturated carbocycles. The van der Waals surface area contributed by atoms with Gasteiger partial charge in [-0.3, -0.25) is 4.79 Å². The molecule has 1 aliphatic heterocycles. The van der Waals surface area contributed by atoms with E-state index in [1.165, 1.54) is 24.0 Å². The Morgan fingerprint density at radius 2 is 2.14 bits per heavy atom. The van der Waals surface area contributed by atoms with Crippen molar-refractivity contribution in [2.45, 2.75) is 25.7 Å². The van der Waals surface area contributed by atoms with Crippen molar-refractivity contribution >= 4 is 11.6 Å². The van der Waals surface area contributed by atoms with Crippen LogP contribution in [0.25, 0.3) is 0 Å². The molecule has 1 heterocycles. The van der Waals surface area contributed by atoms with Gasteiger partial charge >= 0.3 is 0 Å². The van der Waals surface area contributed by atoms with Crippen LogP contribution in [0.3, 0.4) is 0 Å². The van der Waals surface area contributed by atoms with Crippen molar-refractivity contribution in [3.63, 3.8) is 0 Å². The van der Waals surface area contributed by atoms with Crippen molar-refractivity contribution in [1.82, 2.24) is 0 Å². The first-order valence-electron chi connectivity index (χ1n) is 5.18. The molecule has 1 aromatic carbocycles. The first kappa shape index (κ1) is 8.04. The van der Waals surface area contributed by atoms with Crippen molar-refractivity contribution in [3.05, 3.63) is 29.3 Å². The van der Waals surface area contributed by atoms with Crippen LogP contribution in [-0.4, -0.2) is 5.91 Å². The number of hydrogen-bond acceptors (Lipinski definition) is 1. The van der Waals surface area contributed by atoms with Gasteiger partial charge in [-0.2, -0.15) is 0 Å². The lowest BCUT2D eigenvalue weighted by atomic mass is 9.95. The fourth-order valence-electron chi connectivity index (χ4n) is 2.36. The van der Waals surface area contributed by atoms with E-state index in [1.807, 2.05) is 19.1 Å². The molecule has 1 N–H and O–H groups in total. The second-order valence-corrected chi connectivity index (χ2v) is 4.34. The van der Waals surface area contributed by atoms with Crippen molar-refractivity contribution < 1.29 is 4.79 Å². The van der Waals surface area contributed by atoms with Crippen LogP contribution in [0, 0.1) is 12.8 Å². The summed E-state index contributed by atoms with van der Waals surface area (Å²) in [7, 11) is 0. The van der Waals surface area contributed by atoms with Crippen molar-refractivity contribution in [2.75, 3.05) is 5.32 Å². The van der Waals surface area contributed by atoms with Crippen LogP contribution in [0.2, 0.25) is 0 Å². The summed E-state index contributed by atoms with van der Waals surface area (Å²) >= 11 is 0. The molecule has 72 valence electrons. The van der Waals surface area contributed by atoms with Crippen LogP contribution < -0.4 is 5.32 Å². The molecule has 0 saturated heterocycles. The van der Waals surface area contributed by atoms with Gasteiger partial charge in [0.2, 0.25) is 5.91 Å². The molecule has 1 unspecified atom stereocenters. The summed E-state index contributed by atoms with van der Waals surface area (Å²) in [6, 6.07) is 6.18. The summed E-state index contributed by atoms with van der Waals surface area (Å²) in [4.78, 5) is 11.8. The van der Waals surface area contributed by atoms with Crippen LogP contribution >= 0.6 is 0 Å². The van der Waals surface area contributed by atoms with Gasteiger partial charge in [0, 0.05) is 5.69 Å². The Balaban J connectivity index is 2.12. The largest absolute Gasteiger partial charge is 0.325 e.